The van der Waals surface area contributed by atoms with Crippen molar-refractivity contribution >= 4 is 24.2 Å². The van der Waals surface area contributed by atoms with E-state index in [0.717, 1.165) is 44.5 Å². The summed E-state index contributed by atoms with van der Waals surface area (Å²) in [5.41, 5.74) is 1.36. The molecule has 2 aliphatic rings. The Morgan fingerprint density at radius 1 is 1.29 bits per heavy atom. The molecule has 1 aromatic heterocycles. The highest BCUT2D eigenvalue weighted by molar-refractivity contribution is 5.92. The molecule has 158 valence electrons. The summed E-state index contributed by atoms with van der Waals surface area (Å²) in [6, 6.07) is 1.83. The molecule has 2 saturated heterocycles. The van der Waals surface area contributed by atoms with Crippen molar-refractivity contribution in [3.63, 3.8) is 0 Å². The quantitative estimate of drug-likeness (QED) is 0.795. The van der Waals surface area contributed by atoms with E-state index < -0.39 is 0 Å². The molecule has 2 atom stereocenters. The van der Waals surface area contributed by atoms with Crippen LogP contribution < -0.4 is 10.6 Å². The van der Waals surface area contributed by atoms with Crippen molar-refractivity contribution in [1.29, 1.82) is 0 Å². The van der Waals surface area contributed by atoms with E-state index in [9.17, 15) is 9.59 Å². The number of aromatic nitrogens is 2. The number of rotatable bonds is 4. The number of aryl methyl sites for hydroxylation is 1. The number of halogens is 1. The van der Waals surface area contributed by atoms with Crippen LogP contribution in [-0.2, 0) is 10.3 Å². The van der Waals surface area contributed by atoms with Crippen LogP contribution in [0.1, 0.15) is 62.6 Å². The predicted molar refractivity (Wildman–Crippen MR) is 112 cm³/mol. The van der Waals surface area contributed by atoms with Gasteiger partial charge in [0.1, 0.15) is 0 Å². The molecule has 8 heteroatoms. The average molecular weight is 412 g/mol. The van der Waals surface area contributed by atoms with Gasteiger partial charge in [-0.3, -0.25) is 14.3 Å². The lowest BCUT2D eigenvalue weighted by Crippen LogP contribution is -2.46. The van der Waals surface area contributed by atoms with Crippen molar-refractivity contribution in [1.82, 2.24) is 25.3 Å². The SMILES string of the molecule is Cc1cc(C(=O)N2CCCC(CNC(=O)C3CCCN3)C2)nn1C(C)(C)C.Cl. The molecular weight excluding hydrogens is 378 g/mol. The first-order valence-corrected chi connectivity index (χ1v) is 10.1. The Hall–Kier alpha value is -1.60. The number of nitrogens with zero attached hydrogens (tertiary/aromatic N) is 3. The van der Waals surface area contributed by atoms with E-state index in [-0.39, 0.29) is 35.8 Å². The maximum Gasteiger partial charge on any atom is 0.274 e. The molecule has 0 aliphatic carbocycles. The number of amides is 2. The van der Waals surface area contributed by atoms with Crippen molar-refractivity contribution in [3.05, 3.63) is 17.5 Å². The van der Waals surface area contributed by atoms with Gasteiger partial charge in [0.05, 0.1) is 11.6 Å². The number of piperidine rings is 1. The molecule has 28 heavy (non-hydrogen) atoms. The van der Waals surface area contributed by atoms with Crippen LogP contribution in [-0.4, -0.2) is 58.7 Å². The fraction of sp³-hybridized carbons (Fsp3) is 0.750. The molecule has 2 fully saturated rings. The third-order valence-electron chi connectivity index (χ3n) is 5.49. The lowest BCUT2D eigenvalue weighted by Gasteiger charge is -2.32. The van der Waals surface area contributed by atoms with Gasteiger partial charge in [0.15, 0.2) is 5.69 Å². The summed E-state index contributed by atoms with van der Waals surface area (Å²) in [4.78, 5) is 27.0. The Morgan fingerprint density at radius 2 is 2.04 bits per heavy atom. The summed E-state index contributed by atoms with van der Waals surface area (Å²) in [5.74, 6) is 0.393. The Bertz CT molecular complexity index is 691. The summed E-state index contributed by atoms with van der Waals surface area (Å²) in [6.45, 7) is 11.2. The third-order valence-corrected chi connectivity index (χ3v) is 5.49. The summed E-state index contributed by atoms with van der Waals surface area (Å²) in [7, 11) is 0. The minimum Gasteiger partial charge on any atom is -0.354 e. The Labute approximate surface area is 174 Å². The summed E-state index contributed by atoms with van der Waals surface area (Å²) in [5, 5.41) is 10.8. The van der Waals surface area contributed by atoms with E-state index >= 15 is 0 Å². The highest BCUT2D eigenvalue weighted by Crippen LogP contribution is 2.21. The van der Waals surface area contributed by atoms with Gasteiger partial charge in [-0.05, 0) is 71.9 Å². The largest absolute Gasteiger partial charge is 0.354 e. The Kier molecular flexibility index (Phi) is 7.51. The zero-order valence-corrected chi connectivity index (χ0v) is 18.3. The highest BCUT2D eigenvalue weighted by Gasteiger charge is 2.29. The normalized spacial score (nSPS) is 22.6. The molecule has 0 radical (unpaired) electrons. The first-order chi connectivity index (χ1) is 12.8. The molecule has 2 N–H and O–H groups in total. The molecule has 3 heterocycles. The number of hydrogen-bond acceptors (Lipinski definition) is 4. The van der Waals surface area contributed by atoms with Crippen molar-refractivity contribution in [2.45, 2.75) is 65.0 Å². The topological polar surface area (TPSA) is 79.3 Å². The fourth-order valence-electron chi connectivity index (χ4n) is 4.11. The molecule has 0 spiro atoms. The molecule has 2 amide bonds. The Balaban J connectivity index is 0.00000280. The third kappa shape index (κ3) is 5.26. The molecular formula is C20H34ClN5O2. The first kappa shape index (κ1) is 22.7. The summed E-state index contributed by atoms with van der Waals surface area (Å²) in [6.07, 6.45) is 3.98. The van der Waals surface area contributed by atoms with E-state index in [0.29, 0.717) is 24.7 Å². The maximum atomic E-state index is 12.9. The first-order valence-electron chi connectivity index (χ1n) is 10.1. The number of carbonyl (C=O) groups is 2. The molecule has 0 bridgehead atoms. The molecule has 2 aliphatic heterocycles. The average Bonchev–Trinajstić information content (AvgIpc) is 3.28. The van der Waals surface area contributed by atoms with Gasteiger partial charge in [-0.2, -0.15) is 5.10 Å². The lowest BCUT2D eigenvalue weighted by molar-refractivity contribution is -0.123. The van der Waals surface area contributed by atoms with E-state index in [1.54, 1.807) is 0 Å². The second-order valence-corrected chi connectivity index (χ2v) is 8.91. The van der Waals surface area contributed by atoms with Crippen LogP contribution in [0.15, 0.2) is 6.07 Å². The molecule has 0 aromatic carbocycles. The Morgan fingerprint density at radius 3 is 2.64 bits per heavy atom. The van der Waals surface area contributed by atoms with Crippen molar-refractivity contribution in [2.24, 2.45) is 5.92 Å². The number of carbonyl (C=O) groups excluding carboxylic acids is 2. The van der Waals surface area contributed by atoms with Crippen LogP contribution in [0.5, 0.6) is 0 Å². The van der Waals surface area contributed by atoms with Crippen LogP contribution >= 0.6 is 12.4 Å². The minimum absolute atomic E-state index is 0. The summed E-state index contributed by atoms with van der Waals surface area (Å²) >= 11 is 0. The lowest BCUT2D eigenvalue weighted by atomic mass is 9.97. The zero-order chi connectivity index (χ0) is 19.6. The van der Waals surface area contributed by atoms with Gasteiger partial charge in [0.25, 0.3) is 5.91 Å². The van der Waals surface area contributed by atoms with Crippen LogP contribution in [0.4, 0.5) is 0 Å². The van der Waals surface area contributed by atoms with Gasteiger partial charge >= 0.3 is 0 Å². The van der Waals surface area contributed by atoms with E-state index in [4.69, 9.17) is 0 Å². The number of nitrogens with one attached hydrogen (secondary N) is 2. The van der Waals surface area contributed by atoms with Gasteiger partial charge in [-0.15, -0.1) is 12.4 Å². The molecule has 1 aromatic rings. The molecule has 2 unspecified atom stereocenters. The van der Waals surface area contributed by atoms with Gasteiger partial charge < -0.3 is 15.5 Å². The second-order valence-electron chi connectivity index (χ2n) is 8.91. The predicted octanol–water partition coefficient (Wildman–Crippen LogP) is 2.09. The van der Waals surface area contributed by atoms with E-state index in [1.807, 2.05) is 22.6 Å². The van der Waals surface area contributed by atoms with Crippen molar-refractivity contribution < 1.29 is 9.59 Å². The van der Waals surface area contributed by atoms with Crippen molar-refractivity contribution in [3.8, 4) is 0 Å². The number of likely N-dealkylation sites (tertiary alicyclic amines) is 1. The summed E-state index contributed by atoms with van der Waals surface area (Å²) < 4.78 is 1.91. The van der Waals surface area contributed by atoms with E-state index in [2.05, 4.69) is 36.5 Å². The van der Waals surface area contributed by atoms with Crippen molar-refractivity contribution in [2.75, 3.05) is 26.2 Å². The zero-order valence-electron chi connectivity index (χ0n) is 17.5. The molecule has 3 rings (SSSR count). The van der Waals surface area contributed by atoms with Crippen LogP contribution in [0.2, 0.25) is 0 Å². The van der Waals surface area contributed by atoms with E-state index in [1.165, 1.54) is 0 Å². The fourth-order valence-corrected chi connectivity index (χ4v) is 4.11. The number of hydrogen-bond donors (Lipinski definition) is 2. The minimum atomic E-state index is -0.147. The van der Waals surface area contributed by atoms with Gasteiger partial charge in [0.2, 0.25) is 5.91 Å². The monoisotopic (exact) mass is 411 g/mol. The van der Waals surface area contributed by atoms with Gasteiger partial charge in [0, 0.05) is 25.3 Å². The molecule has 0 saturated carbocycles. The highest BCUT2D eigenvalue weighted by atomic mass is 35.5. The standard InChI is InChI=1S/C20H33N5O2.ClH/c1-14-11-17(23-25(14)20(2,3)4)19(27)24-10-6-7-15(13-24)12-22-18(26)16-8-5-9-21-16;/h11,15-16,21H,5-10,12-13H2,1-4H3,(H,22,26);1H. The smallest absolute Gasteiger partial charge is 0.274 e. The van der Waals surface area contributed by atoms with Gasteiger partial charge in [-0.25, -0.2) is 0 Å². The van der Waals surface area contributed by atoms with Crippen LogP contribution in [0, 0.1) is 12.8 Å². The molecule has 7 nitrogen and oxygen atoms in total. The maximum absolute atomic E-state index is 12.9. The second kappa shape index (κ2) is 9.27. The van der Waals surface area contributed by atoms with Gasteiger partial charge in [-0.1, -0.05) is 0 Å². The van der Waals surface area contributed by atoms with Crippen LogP contribution in [0.25, 0.3) is 0 Å². The van der Waals surface area contributed by atoms with Crippen LogP contribution in [0.3, 0.4) is 0 Å².